The second-order valence-electron chi connectivity index (χ2n) is 3.20. The van der Waals surface area contributed by atoms with Crippen LogP contribution in [0.4, 0.5) is 4.39 Å². The minimum Gasteiger partial charge on any atom is -0.294 e. The molecule has 0 N–H and O–H groups in total. The van der Waals surface area contributed by atoms with Crippen LogP contribution in [0.3, 0.4) is 0 Å². The maximum Gasteiger partial charge on any atom is 0.162 e. The maximum atomic E-state index is 12.8. The first-order chi connectivity index (χ1) is 7.15. The van der Waals surface area contributed by atoms with Gasteiger partial charge in [0.25, 0.3) is 0 Å². The van der Waals surface area contributed by atoms with Crippen LogP contribution in [-0.2, 0) is 0 Å². The molecule has 1 rings (SSSR count). The molecule has 1 aromatic rings. The lowest BCUT2D eigenvalue weighted by Crippen LogP contribution is -1.99. The van der Waals surface area contributed by atoms with Crippen LogP contribution >= 0.6 is 23.2 Å². The minimum absolute atomic E-state index is 0.0156. The minimum atomic E-state index is -0.506. The van der Waals surface area contributed by atoms with Gasteiger partial charge in [-0.2, -0.15) is 0 Å². The lowest BCUT2D eigenvalue weighted by atomic mass is 10.1. The van der Waals surface area contributed by atoms with E-state index in [0.29, 0.717) is 17.9 Å². The Hall–Kier alpha value is -0.600. The number of unbranched alkanes of at least 4 members (excludes halogenated alkanes) is 1. The molecule has 4 heteroatoms. The number of hydrogen-bond donors (Lipinski definition) is 0. The first-order valence-electron chi connectivity index (χ1n) is 4.69. The fraction of sp³-hybridized carbons (Fsp3) is 0.364. The molecule has 0 atom stereocenters. The molecule has 15 heavy (non-hydrogen) atoms. The number of ketones is 1. The second kappa shape index (κ2) is 6.09. The van der Waals surface area contributed by atoms with Gasteiger partial charge in [0.1, 0.15) is 5.82 Å². The largest absolute Gasteiger partial charge is 0.294 e. The van der Waals surface area contributed by atoms with Crippen molar-refractivity contribution in [3.05, 3.63) is 34.6 Å². The molecule has 1 aromatic carbocycles. The number of carbonyl (C=O) groups is 1. The number of hydrogen-bond acceptors (Lipinski definition) is 1. The highest BCUT2D eigenvalue weighted by atomic mass is 35.5. The summed E-state index contributed by atoms with van der Waals surface area (Å²) in [5.74, 6) is 0.0215. The monoisotopic (exact) mass is 248 g/mol. The first-order valence-corrected chi connectivity index (χ1v) is 5.60. The van der Waals surface area contributed by atoms with Crippen LogP contribution in [0.2, 0.25) is 5.02 Å². The van der Waals surface area contributed by atoms with E-state index in [-0.39, 0.29) is 10.8 Å². The van der Waals surface area contributed by atoms with Crippen molar-refractivity contribution >= 4 is 29.0 Å². The fourth-order valence-corrected chi connectivity index (χ4v) is 1.56. The number of halogens is 3. The van der Waals surface area contributed by atoms with Crippen molar-refractivity contribution < 1.29 is 9.18 Å². The molecule has 82 valence electrons. The van der Waals surface area contributed by atoms with Crippen LogP contribution in [0.15, 0.2) is 18.2 Å². The van der Waals surface area contributed by atoms with Gasteiger partial charge < -0.3 is 0 Å². The molecule has 0 unspecified atom stereocenters. The quantitative estimate of drug-likeness (QED) is 0.436. The van der Waals surface area contributed by atoms with Gasteiger partial charge in [-0.3, -0.25) is 4.79 Å². The van der Waals surface area contributed by atoms with Gasteiger partial charge in [-0.15, -0.1) is 11.6 Å². The molecule has 0 radical (unpaired) electrons. The van der Waals surface area contributed by atoms with Crippen LogP contribution in [-0.4, -0.2) is 11.7 Å². The van der Waals surface area contributed by atoms with Crippen molar-refractivity contribution in [2.75, 3.05) is 5.88 Å². The molecule has 0 aliphatic carbocycles. The smallest absolute Gasteiger partial charge is 0.162 e. The molecule has 0 amide bonds. The summed E-state index contributed by atoms with van der Waals surface area (Å²) in [4.78, 5) is 11.6. The lowest BCUT2D eigenvalue weighted by molar-refractivity contribution is 0.0980. The third kappa shape index (κ3) is 3.80. The summed E-state index contributed by atoms with van der Waals surface area (Å²) in [6.45, 7) is 0. The standard InChI is InChI=1S/C11H11Cl2FO/c12-6-2-1-3-11(15)8-4-5-10(14)9(13)7-8/h4-5,7H,1-3,6H2. The Balaban J connectivity index is 2.62. The van der Waals surface area contributed by atoms with Gasteiger partial charge in [0.15, 0.2) is 5.78 Å². The van der Waals surface area contributed by atoms with Crippen LogP contribution in [0.1, 0.15) is 29.6 Å². The van der Waals surface area contributed by atoms with Gasteiger partial charge in [-0.25, -0.2) is 4.39 Å². The van der Waals surface area contributed by atoms with E-state index in [9.17, 15) is 9.18 Å². The van der Waals surface area contributed by atoms with Crippen molar-refractivity contribution in [2.45, 2.75) is 19.3 Å². The summed E-state index contributed by atoms with van der Waals surface area (Å²) in [6, 6.07) is 4.02. The summed E-state index contributed by atoms with van der Waals surface area (Å²) < 4.78 is 12.8. The highest BCUT2D eigenvalue weighted by Crippen LogP contribution is 2.17. The van der Waals surface area contributed by atoms with E-state index >= 15 is 0 Å². The Kier molecular flexibility index (Phi) is 5.06. The van der Waals surface area contributed by atoms with Crippen molar-refractivity contribution in [2.24, 2.45) is 0 Å². The van der Waals surface area contributed by atoms with Crippen molar-refractivity contribution in [3.63, 3.8) is 0 Å². The van der Waals surface area contributed by atoms with Crippen LogP contribution in [0, 0.1) is 5.82 Å². The summed E-state index contributed by atoms with van der Waals surface area (Å²) in [6.07, 6.45) is 1.98. The summed E-state index contributed by atoms with van der Waals surface area (Å²) in [5.41, 5.74) is 0.455. The third-order valence-electron chi connectivity index (χ3n) is 2.03. The fourth-order valence-electron chi connectivity index (χ4n) is 1.19. The zero-order valence-electron chi connectivity index (χ0n) is 8.10. The van der Waals surface area contributed by atoms with Crippen molar-refractivity contribution in [3.8, 4) is 0 Å². The van der Waals surface area contributed by atoms with Gasteiger partial charge in [-0.1, -0.05) is 11.6 Å². The van der Waals surface area contributed by atoms with E-state index in [1.54, 1.807) is 0 Å². The summed E-state index contributed by atoms with van der Waals surface area (Å²) >= 11 is 11.1. The molecule has 0 saturated carbocycles. The Morgan fingerprint density at radius 3 is 2.67 bits per heavy atom. The zero-order valence-corrected chi connectivity index (χ0v) is 9.61. The highest BCUT2D eigenvalue weighted by molar-refractivity contribution is 6.31. The SMILES string of the molecule is O=C(CCCCCl)c1ccc(F)c(Cl)c1. The van der Waals surface area contributed by atoms with Crippen LogP contribution in [0.5, 0.6) is 0 Å². The zero-order chi connectivity index (χ0) is 11.3. The van der Waals surface area contributed by atoms with E-state index in [1.807, 2.05) is 0 Å². The van der Waals surface area contributed by atoms with Crippen molar-refractivity contribution in [1.29, 1.82) is 0 Å². The maximum absolute atomic E-state index is 12.8. The van der Waals surface area contributed by atoms with Gasteiger partial charge in [0.05, 0.1) is 5.02 Å². The molecular formula is C11H11Cl2FO. The van der Waals surface area contributed by atoms with Crippen molar-refractivity contribution in [1.82, 2.24) is 0 Å². The van der Waals surface area contributed by atoms with Gasteiger partial charge in [0, 0.05) is 17.9 Å². The predicted octanol–water partition coefficient (Wildman–Crippen LogP) is 4.07. The Morgan fingerprint density at radius 1 is 1.33 bits per heavy atom. The van der Waals surface area contributed by atoms with Gasteiger partial charge in [0.2, 0.25) is 0 Å². The molecule has 1 nitrogen and oxygen atoms in total. The number of benzene rings is 1. The van der Waals surface area contributed by atoms with Gasteiger partial charge in [-0.05, 0) is 31.0 Å². The molecule has 0 aliphatic heterocycles. The van der Waals surface area contributed by atoms with E-state index in [0.717, 1.165) is 12.8 Å². The van der Waals surface area contributed by atoms with E-state index in [1.165, 1.54) is 18.2 Å². The molecule has 0 aromatic heterocycles. The second-order valence-corrected chi connectivity index (χ2v) is 3.98. The molecule has 0 aliphatic rings. The number of Topliss-reactive ketones (excluding diaryl/α,β-unsaturated/α-hetero) is 1. The molecule has 0 saturated heterocycles. The number of carbonyl (C=O) groups excluding carboxylic acids is 1. The van der Waals surface area contributed by atoms with E-state index in [2.05, 4.69) is 0 Å². The topological polar surface area (TPSA) is 17.1 Å². The predicted molar refractivity (Wildman–Crippen MR) is 60.3 cm³/mol. The summed E-state index contributed by atoms with van der Waals surface area (Å²) in [5, 5.41) is -0.0156. The Morgan fingerprint density at radius 2 is 2.07 bits per heavy atom. The van der Waals surface area contributed by atoms with Gasteiger partial charge >= 0.3 is 0 Å². The number of alkyl halides is 1. The summed E-state index contributed by atoms with van der Waals surface area (Å²) in [7, 11) is 0. The van der Waals surface area contributed by atoms with E-state index in [4.69, 9.17) is 23.2 Å². The molecule has 0 heterocycles. The normalized spacial score (nSPS) is 10.3. The van der Waals surface area contributed by atoms with Crippen LogP contribution in [0.25, 0.3) is 0 Å². The highest BCUT2D eigenvalue weighted by Gasteiger charge is 2.08. The number of rotatable bonds is 5. The third-order valence-corrected chi connectivity index (χ3v) is 2.59. The molecular weight excluding hydrogens is 238 g/mol. The average Bonchev–Trinajstić information content (AvgIpc) is 2.22. The van der Waals surface area contributed by atoms with Crippen LogP contribution < -0.4 is 0 Å². The van der Waals surface area contributed by atoms with E-state index < -0.39 is 5.82 Å². The molecule has 0 spiro atoms. The first kappa shape index (κ1) is 12.5. The average molecular weight is 249 g/mol. The molecule has 0 fully saturated rings. The Labute approximate surface area is 98.2 Å². The Bertz CT molecular complexity index is 352. The molecule has 0 bridgehead atoms. The lowest BCUT2D eigenvalue weighted by Gasteiger charge is -2.01.